The number of carbonyl (C=O) groups excluding carboxylic acids is 3. The Bertz CT molecular complexity index is 1330. The monoisotopic (exact) mass is 449 g/mol. The van der Waals surface area contributed by atoms with E-state index in [-0.39, 0.29) is 24.5 Å². The maximum Gasteiger partial charge on any atom is 0.417 e. The maximum absolute atomic E-state index is 12.8. The van der Waals surface area contributed by atoms with Gasteiger partial charge in [0.05, 0.1) is 11.2 Å². The van der Waals surface area contributed by atoms with Crippen LogP contribution in [0.5, 0.6) is 0 Å². The summed E-state index contributed by atoms with van der Waals surface area (Å²) in [4.78, 5) is 53.3. The molecule has 9 heteroatoms. The first-order valence-electron chi connectivity index (χ1n) is 10.9. The molecule has 1 fully saturated rings. The predicted molar refractivity (Wildman–Crippen MR) is 119 cm³/mol. The number of rotatable bonds is 4. The summed E-state index contributed by atoms with van der Waals surface area (Å²) < 4.78 is 10.8. The molecule has 3 heterocycles. The number of aromatic amines is 1. The summed E-state index contributed by atoms with van der Waals surface area (Å²) >= 11 is 0. The molecule has 9 nitrogen and oxygen atoms in total. The molecule has 0 atom stereocenters. The summed E-state index contributed by atoms with van der Waals surface area (Å²) in [6.07, 6.45) is 0.656. The number of Topliss-reactive ketones (excluding diaryl/α,β-unsaturated/α-hetero) is 1. The number of carbonyl (C=O) groups is 3. The number of aromatic nitrogens is 1. The third-order valence-electron chi connectivity index (χ3n) is 6.48. The molecule has 1 spiro atoms. The molecule has 1 aromatic heterocycles. The number of para-hydroxylation sites is 1. The number of anilines is 1. The molecule has 0 aliphatic carbocycles. The van der Waals surface area contributed by atoms with Crippen LogP contribution in [0.3, 0.4) is 0 Å². The molecule has 2 aliphatic rings. The van der Waals surface area contributed by atoms with Gasteiger partial charge in [0.25, 0.3) is 0 Å². The molecule has 2 amide bonds. The normalized spacial score (nSPS) is 16.9. The Balaban J connectivity index is 1.22. The van der Waals surface area contributed by atoms with Crippen molar-refractivity contribution in [3.63, 3.8) is 0 Å². The topological polar surface area (TPSA) is 122 Å². The number of hydrogen-bond donors (Lipinski definition) is 2. The minimum absolute atomic E-state index is 0.0574. The zero-order valence-corrected chi connectivity index (χ0v) is 18.1. The third-order valence-corrected chi connectivity index (χ3v) is 6.48. The second-order valence-electron chi connectivity index (χ2n) is 8.54. The summed E-state index contributed by atoms with van der Waals surface area (Å²) in [7, 11) is 0. The van der Waals surface area contributed by atoms with E-state index in [0.717, 1.165) is 16.8 Å². The number of benzene rings is 2. The van der Waals surface area contributed by atoms with Crippen molar-refractivity contribution >= 4 is 34.6 Å². The zero-order chi connectivity index (χ0) is 23.2. The molecule has 2 aromatic carbocycles. The van der Waals surface area contributed by atoms with Gasteiger partial charge in [0, 0.05) is 49.9 Å². The standard InChI is InChI=1S/C24H23N3O6/c1-14-12-15(13-19-21(14)26-22(30)32-19)18(28)6-7-20(29)27-10-8-24(9-11-27)16-4-2-3-5-17(16)25-23(31)33-24/h2-5,12-13H,6-11H2,1H3,(H,25,31)(H,26,30). The zero-order valence-electron chi connectivity index (χ0n) is 18.1. The lowest BCUT2D eigenvalue weighted by Crippen LogP contribution is -2.49. The number of H-pyrrole nitrogens is 1. The van der Waals surface area contributed by atoms with Crippen LogP contribution in [0.4, 0.5) is 10.5 Å². The highest BCUT2D eigenvalue weighted by atomic mass is 16.6. The van der Waals surface area contributed by atoms with E-state index in [1.165, 1.54) is 6.07 Å². The smallest absolute Gasteiger partial charge is 0.417 e. The number of ether oxygens (including phenoxy) is 1. The van der Waals surface area contributed by atoms with Crippen LogP contribution in [0, 0.1) is 6.92 Å². The molecule has 0 bridgehead atoms. The fourth-order valence-electron chi connectivity index (χ4n) is 4.75. The van der Waals surface area contributed by atoms with E-state index < -0.39 is 17.5 Å². The van der Waals surface area contributed by atoms with Gasteiger partial charge in [0.2, 0.25) is 5.91 Å². The Morgan fingerprint density at radius 1 is 1.09 bits per heavy atom. The van der Waals surface area contributed by atoms with E-state index in [1.807, 2.05) is 24.3 Å². The summed E-state index contributed by atoms with van der Waals surface area (Å²) in [5, 5.41) is 2.72. The lowest BCUT2D eigenvalue weighted by atomic mass is 9.82. The average molecular weight is 449 g/mol. The summed E-state index contributed by atoms with van der Waals surface area (Å²) in [6.45, 7) is 2.66. The van der Waals surface area contributed by atoms with Crippen LogP contribution in [-0.4, -0.2) is 40.8 Å². The summed E-state index contributed by atoms with van der Waals surface area (Å²) in [5.41, 5.74) is 2.96. The van der Waals surface area contributed by atoms with E-state index in [4.69, 9.17) is 9.15 Å². The van der Waals surface area contributed by atoms with Crippen LogP contribution in [-0.2, 0) is 15.1 Å². The van der Waals surface area contributed by atoms with Gasteiger partial charge in [-0.2, -0.15) is 0 Å². The molecule has 5 rings (SSSR count). The number of likely N-dealkylation sites (tertiary alicyclic amines) is 1. The van der Waals surface area contributed by atoms with Gasteiger partial charge in [-0.3, -0.25) is 19.9 Å². The van der Waals surface area contributed by atoms with Gasteiger partial charge >= 0.3 is 11.8 Å². The summed E-state index contributed by atoms with van der Waals surface area (Å²) in [6, 6.07) is 10.8. The minimum atomic E-state index is -0.737. The molecule has 33 heavy (non-hydrogen) atoms. The number of nitrogens with zero attached hydrogens (tertiary/aromatic N) is 1. The number of ketones is 1. The van der Waals surface area contributed by atoms with E-state index in [1.54, 1.807) is 17.9 Å². The van der Waals surface area contributed by atoms with Crippen molar-refractivity contribution in [3.8, 4) is 0 Å². The molecular formula is C24H23N3O6. The van der Waals surface area contributed by atoms with E-state index >= 15 is 0 Å². The summed E-state index contributed by atoms with van der Waals surface area (Å²) in [5.74, 6) is -0.873. The van der Waals surface area contributed by atoms with Crippen LogP contribution in [0.25, 0.3) is 11.1 Å². The number of piperidine rings is 1. The first-order chi connectivity index (χ1) is 15.8. The molecule has 1 saturated heterocycles. The molecule has 2 aliphatic heterocycles. The van der Waals surface area contributed by atoms with Crippen molar-refractivity contribution in [3.05, 3.63) is 63.6 Å². The number of amides is 2. The lowest BCUT2D eigenvalue weighted by molar-refractivity contribution is -0.135. The van der Waals surface area contributed by atoms with Gasteiger partial charge in [-0.05, 0) is 30.7 Å². The van der Waals surface area contributed by atoms with Crippen LogP contribution in [0.1, 0.15) is 47.2 Å². The van der Waals surface area contributed by atoms with Gasteiger partial charge in [-0.15, -0.1) is 0 Å². The Kier molecular flexibility index (Phi) is 5.03. The SMILES string of the molecule is Cc1cc(C(=O)CCC(=O)N2CCC3(CC2)OC(=O)Nc2ccccc23)cc2oc(=O)[nH]c12. The molecule has 0 saturated carbocycles. The van der Waals surface area contributed by atoms with Crippen molar-refractivity contribution in [1.82, 2.24) is 9.88 Å². The fourth-order valence-corrected chi connectivity index (χ4v) is 4.75. The highest BCUT2D eigenvalue weighted by molar-refractivity contribution is 6.00. The quantitative estimate of drug-likeness (QED) is 0.588. The van der Waals surface area contributed by atoms with Gasteiger partial charge in [0.15, 0.2) is 11.4 Å². The molecule has 2 N–H and O–H groups in total. The Hall–Kier alpha value is -3.88. The van der Waals surface area contributed by atoms with Gasteiger partial charge < -0.3 is 14.1 Å². The van der Waals surface area contributed by atoms with Gasteiger partial charge in [0.1, 0.15) is 5.60 Å². The minimum Gasteiger partial charge on any atom is -0.438 e. The molecule has 0 radical (unpaired) electrons. The third kappa shape index (κ3) is 3.79. The van der Waals surface area contributed by atoms with Crippen molar-refractivity contribution in [2.75, 3.05) is 18.4 Å². The van der Waals surface area contributed by atoms with Crippen molar-refractivity contribution < 1.29 is 23.5 Å². The number of aryl methyl sites for hydroxylation is 1. The van der Waals surface area contributed by atoms with Crippen LogP contribution in [0.15, 0.2) is 45.6 Å². The van der Waals surface area contributed by atoms with Gasteiger partial charge in [-0.1, -0.05) is 18.2 Å². The van der Waals surface area contributed by atoms with Crippen LogP contribution >= 0.6 is 0 Å². The molecule has 3 aromatic rings. The second kappa shape index (κ2) is 7.91. The lowest BCUT2D eigenvalue weighted by Gasteiger charge is -2.44. The van der Waals surface area contributed by atoms with Crippen molar-refractivity contribution in [2.45, 2.75) is 38.2 Å². The molecular weight excluding hydrogens is 426 g/mol. The Morgan fingerprint density at radius 2 is 1.85 bits per heavy atom. The average Bonchev–Trinajstić information content (AvgIpc) is 3.18. The number of fused-ring (bicyclic) bond motifs is 3. The molecule has 0 unspecified atom stereocenters. The first-order valence-corrected chi connectivity index (χ1v) is 10.9. The first kappa shape index (κ1) is 21.0. The van der Waals surface area contributed by atoms with E-state index in [9.17, 15) is 19.2 Å². The van der Waals surface area contributed by atoms with Crippen LogP contribution in [0.2, 0.25) is 0 Å². The maximum atomic E-state index is 12.8. The van der Waals surface area contributed by atoms with Crippen molar-refractivity contribution in [2.24, 2.45) is 0 Å². The van der Waals surface area contributed by atoms with Crippen molar-refractivity contribution in [1.29, 1.82) is 0 Å². The van der Waals surface area contributed by atoms with E-state index in [2.05, 4.69) is 10.3 Å². The van der Waals surface area contributed by atoms with E-state index in [0.29, 0.717) is 42.6 Å². The number of nitrogens with one attached hydrogen (secondary N) is 2. The molecule has 170 valence electrons. The Labute approximate surface area is 188 Å². The van der Waals surface area contributed by atoms with Gasteiger partial charge in [-0.25, -0.2) is 9.59 Å². The fraction of sp³-hybridized carbons (Fsp3) is 0.333. The number of hydrogen-bond acceptors (Lipinski definition) is 6. The predicted octanol–water partition coefficient (Wildman–Crippen LogP) is 3.47. The highest BCUT2D eigenvalue weighted by Gasteiger charge is 2.44. The Morgan fingerprint density at radius 3 is 2.64 bits per heavy atom. The van der Waals surface area contributed by atoms with Crippen LogP contribution < -0.4 is 11.1 Å². The largest absolute Gasteiger partial charge is 0.438 e. The second-order valence-corrected chi connectivity index (χ2v) is 8.54. The highest BCUT2D eigenvalue weighted by Crippen LogP contribution is 2.43. The number of oxazole rings is 1.